The van der Waals surface area contributed by atoms with Crippen molar-refractivity contribution in [1.82, 2.24) is 5.32 Å². The number of amides is 1. The first-order chi connectivity index (χ1) is 11.0. The Morgan fingerprint density at radius 1 is 1.30 bits per heavy atom. The van der Waals surface area contributed by atoms with Gasteiger partial charge in [-0.2, -0.15) is 4.73 Å². The van der Waals surface area contributed by atoms with Crippen LogP contribution in [-0.2, 0) is 9.53 Å². The maximum atomic E-state index is 11.8. The zero-order valence-electron chi connectivity index (χ0n) is 12.4. The van der Waals surface area contributed by atoms with Crippen LogP contribution in [-0.4, -0.2) is 18.5 Å². The van der Waals surface area contributed by atoms with Crippen molar-refractivity contribution in [2.75, 3.05) is 6.61 Å². The summed E-state index contributed by atoms with van der Waals surface area (Å²) in [6, 6.07) is 9.50. The molecule has 0 aliphatic rings. The van der Waals surface area contributed by atoms with E-state index in [-0.39, 0.29) is 11.6 Å². The molecule has 0 radical (unpaired) electrons. The van der Waals surface area contributed by atoms with Crippen LogP contribution in [0.25, 0.3) is 0 Å². The third-order valence-corrected chi connectivity index (χ3v) is 3.33. The summed E-state index contributed by atoms with van der Waals surface area (Å²) in [5.74, 6) is -1.10. The van der Waals surface area contributed by atoms with Crippen LogP contribution in [0.4, 0.5) is 0 Å². The topological polar surface area (TPSA) is 82.3 Å². The van der Waals surface area contributed by atoms with Crippen LogP contribution >= 0.6 is 11.6 Å². The lowest BCUT2D eigenvalue weighted by Gasteiger charge is -2.14. The zero-order chi connectivity index (χ0) is 16.8. The number of benzene rings is 1. The molecule has 23 heavy (non-hydrogen) atoms. The lowest BCUT2D eigenvalue weighted by Crippen LogP contribution is -2.31. The van der Waals surface area contributed by atoms with E-state index in [4.69, 9.17) is 16.3 Å². The highest BCUT2D eigenvalue weighted by Crippen LogP contribution is 2.17. The number of hydrogen-bond acceptors (Lipinski definition) is 4. The molecule has 0 saturated heterocycles. The van der Waals surface area contributed by atoms with Gasteiger partial charge in [0.2, 0.25) is 0 Å². The molecule has 0 aliphatic carbocycles. The zero-order valence-corrected chi connectivity index (χ0v) is 13.1. The first kappa shape index (κ1) is 16.8. The molecule has 7 heteroatoms. The molecule has 1 aromatic heterocycles. The van der Waals surface area contributed by atoms with Gasteiger partial charge in [0, 0.05) is 17.2 Å². The predicted octanol–water partition coefficient (Wildman–Crippen LogP) is 2.01. The van der Waals surface area contributed by atoms with Gasteiger partial charge in [-0.1, -0.05) is 23.7 Å². The van der Waals surface area contributed by atoms with Gasteiger partial charge in [-0.25, -0.2) is 4.79 Å². The van der Waals surface area contributed by atoms with Crippen molar-refractivity contribution in [3.63, 3.8) is 0 Å². The summed E-state index contributed by atoms with van der Waals surface area (Å²) in [7, 11) is 0. The molecule has 1 amide bonds. The molecule has 6 nitrogen and oxygen atoms in total. The Bertz CT molecular complexity index is 703. The van der Waals surface area contributed by atoms with Crippen molar-refractivity contribution in [3.8, 4) is 0 Å². The van der Waals surface area contributed by atoms with Gasteiger partial charge in [0.1, 0.15) is 0 Å². The van der Waals surface area contributed by atoms with Crippen molar-refractivity contribution in [1.29, 1.82) is 0 Å². The van der Waals surface area contributed by atoms with E-state index in [1.807, 2.05) is 6.07 Å². The fourth-order valence-corrected chi connectivity index (χ4v) is 2.10. The molecule has 0 aliphatic heterocycles. The third kappa shape index (κ3) is 4.96. The minimum absolute atomic E-state index is 0.202. The minimum atomic E-state index is -0.670. The van der Waals surface area contributed by atoms with E-state index in [9.17, 15) is 14.8 Å². The minimum Gasteiger partial charge on any atom is -0.619 e. The molecular formula is C16H15ClN2O4. The van der Waals surface area contributed by atoms with Crippen molar-refractivity contribution >= 4 is 23.5 Å². The van der Waals surface area contributed by atoms with Crippen LogP contribution < -0.4 is 10.0 Å². The predicted molar refractivity (Wildman–Crippen MR) is 83.7 cm³/mol. The van der Waals surface area contributed by atoms with Crippen LogP contribution in [0, 0.1) is 5.21 Å². The number of halogens is 1. The number of hydrogen-bond donors (Lipinski definition) is 1. The fraction of sp³-hybridized carbons (Fsp3) is 0.188. The smallest absolute Gasteiger partial charge is 0.339 e. The lowest BCUT2D eigenvalue weighted by atomic mass is 10.1. The first-order valence-electron chi connectivity index (χ1n) is 6.86. The Labute approximate surface area is 138 Å². The number of rotatable bonds is 5. The standard InChI is InChI=1S/C16H15ClN2O4/c1-11(13-3-2-4-14(17)9-13)18-15(20)10-23-16(21)12-5-7-19(22)8-6-12/h2-9,11H,10H2,1H3,(H,18,20)/t11-/m1/s1. The van der Waals surface area contributed by atoms with Crippen molar-refractivity contribution in [2.24, 2.45) is 0 Å². The normalized spacial score (nSPS) is 11.6. The van der Waals surface area contributed by atoms with Crippen molar-refractivity contribution in [3.05, 3.63) is 70.1 Å². The second kappa shape index (κ2) is 7.60. The molecular weight excluding hydrogens is 320 g/mol. The summed E-state index contributed by atoms with van der Waals surface area (Å²) in [6.07, 6.45) is 2.36. The molecule has 0 unspecified atom stereocenters. The summed E-state index contributed by atoms with van der Waals surface area (Å²) in [5.41, 5.74) is 1.05. The number of esters is 1. The van der Waals surface area contributed by atoms with Crippen LogP contribution in [0.1, 0.15) is 28.9 Å². The summed E-state index contributed by atoms with van der Waals surface area (Å²) in [4.78, 5) is 23.6. The summed E-state index contributed by atoms with van der Waals surface area (Å²) in [6.45, 7) is 1.39. The Hall–Kier alpha value is -2.60. The summed E-state index contributed by atoms with van der Waals surface area (Å²) in [5, 5.41) is 14.2. The van der Waals surface area contributed by atoms with Crippen LogP contribution in [0.15, 0.2) is 48.8 Å². The van der Waals surface area contributed by atoms with Crippen molar-refractivity contribution in [2.45, 2.75) is 13.0 Å². The van der Waals surface area contributed by atoms with E-state index in [2.05, 4.69) is 5.32 Å². The van der Waals surface area contributed by atoms with Crippen LogP contribution in [0.2, 0.25) is 5.02 Å². The van der Waals surface area contributed by atoms with Gasteiger partial charge in [-0.05, 0) is 24.6 Å². The van der Waals surface area contributed by atoms with E-state index in [1.54, 1.807) is 25.1 Å². The SMILES string of the molecule is C[C@@H](NC(=O)COC(=O)c1cc[n+]([O-])cc1)c1cccc(Cl)c1. The van der Waals surface area contributed by atoms with E-state index < -0.39 is 18.5 Å². The summed E-state index contributed by atoms with van der Waals surface area (Å²) >= 11 is 5.90. The maximum absolute atomic E-state index is 11.8. The van der Waals surface area contributed by atoms with E-state index in [0.717, 1.165) is 5.56 Å². The Morgan fingerprint density at radius 2 is 2.00 bits per heavy atom. The first-order valence-corrected chi connectivity index (χ1v) is 7.24. The Kier molecular flexibility index (Phi) is 5.54. The number of ether oxygens (including phenoxy) is 1. The Balaban J connectivity index is 1.85. The van der Waals surface area contributed by atoms with Gasteiger partial charge >= 0.3 is 5.97 Å². The average molecular weight is 335 g/mol. The van der Waals surface area contributed by atoms with E-state index >= 15 is 0 Å². The molecule has 120 valence electrons. The molecule has 2 aromatic rings. The molecule has 0 bridgehead atoms. The second-order valence-corrected chi connectivity index (χ2v) is 5.30. The molecule has 0 fully saturated rings. The number of aromatic nitrogens is 1. The van der Waals surface area contributed by atoms with Crippen molar-refractivity contribution < 1.29 is 19.1 Å². The highest BCUT2D eigenvalue weighted by atomic mass is 35.5. The largest absolute Gasteiger partial charge is 0.619 e. The van der Waals surface area contributed by atoms with Gasteiger partial charge < -0.3 is 15.3 Å². The lowest BCUT2D eigenvalue weighted by molar-refractivity contribution is -0.605. The number of pyridine rings is 1. The van der Waals surface area contributed by atoms with E-state index in [0.29, 0.717) is 9.75 Å². The van der Waals surface area contributed by atoms with Crippen LogP contribution in [0.3, 0.4) is 0 Å². The number of carbonyl (C=O) groups is 2. The number of carbonyl (C=O) groups excluding carboxylic acids is 2. The molecule has 1 N–H and O–H groups in total. The molecule has 2 rings (SSSR count). The molecule has 1 aromatic carbocycles. The van der Waals surface area contributed by atoms with Gasteiger partial charge in [-0.15, -0.1) is 0 Å². The monoisotopic (exact) mass is 334 g/mol. The molecule has 0 spiro atoms. The van der Waals surface area contributed by atoms with Gasteiger partial charge in [0.15, 0.2) is 19.0 Å². The van der Waals surface area contributed by atoms with Gasteiger partial charge in [-0.3, -0.25) is 4.79 Å². The maximum Gasteiger partial charge on any atom is 0.339 e. The Morgan fingerprint density at radius 3 is 2.65 bits per heavy atom. The quantitative estimate of drug-likeness (QED) is 0.515. The summed E-state index contributed by atoms with van der Waals surface area (Å²) < 4.78 is 5.45. The average Bonchev–Trinajstić information content (AvgIpc) is 2.53. The van der Waals surface area contributed by atoms with Gasteiger partial charge in [0.25, 0.3) is 5.91 Å². The van der Waals surface area contributed by atoms with Gasteiger partial charge in [0.05, 0.1) is 11.6 Å². The molecule has 1 heterocycles. The molecule has 0 saturated carbocycles. The molecule has 1 atom stereocenters. The fourth-order valence-electron chi connectivity index (χ4n) is 1.91. The highest BCUT2D eigenvalue weighted by molar-refractivity contribution is 6.30. The highest BCUT2D eigenvalue weighted by Gasteiger charge is 2.14. The second-order valence-electron chi connectivity index (χ2n) is 4.87. The van der Waals surface area contributed by atoms with E-state index in [1.165, 1.54) is 24.5 Å². The number of nitrogens with zero attached hydrogens (tertiary/aromatic N) is 1. The number of nitrogens with one attached hydrogen (secondary N) is 1. The van der Waals surface area contributed by atoms with Crippen LogP contribution in [0.5, 0.6) is 0 Å². The third-order valence-electron chi connectivity index (χ3n) is 3.10.